The molecule has 2 heterocycles. The zero-order valence-electron chi connectivity index (χ0n) is 12.7. The summed E-state index contributed by atoms with van der Waals surface area (Å²) in [6, 6.07) is -0.780. The van der Waals surface area contributed by atoms with Crippen molar-refractivity contribution in [2.45, 2.75) is 52.0 Å². The van der Waals surface area contributed by atoms with Crippen LogP contribution in [0.5, 0.6) is 0 Å². The van der Waals surface area contributed by atoms with E-state index < -0.39 is 17.9 Å². The molecule has 1 aromatic rings. The van der Waals surface area contributed by atoms with E-state index in [-0.39, 0.29) is 11.7 Å². The molecule has 0 aromatic carbocycles. The summed E-state index contributed by atoms with van der Waals surface area (Å²) in [6.07, 6.45) is 2.26. The minimum absolute atomic E-state index is 0.0555. The summed E-state index contributed by atoms with van der Waals surface area (Å²) in [7, 11) is 0. The summed E-state index contributed by atoms with van der Waals surface area (Å²) in [5.41, 5.74) is 0. The number of amides is 1. The highest BCUT2D eigenvalue weighted by atomic mass is 16.4. The Balaban J connectivity index is 2.17. The summed E-state index contributed by atoms with van der Waals surface area (Å²) in [5, 5.41) is 16.0. The van der Waals surface area contributed by atoms with Crippen molar-refractivity contribution < 1.29 is 14.7 Å². The molecule has 0 bridgehead atoms. The quantitative estimate of drug-likeness (QED) is 0.879. The minimum Gasteiger partial charge on any atom is -0.480 e. The van der Waals surface area contributed by atoms with E-state index in [0.29, 0.717) is 24.7 Å². The first kappa shape index (κ1) is 15.5. The van der Waals surface area contributed by atoms with Crippen molar-refractivity contribution in [2.24, 2.45) is 5.92 Å². The normalized spacial score (nSPS) is 22.6. The summed E-state index contributed by atoms with van der Waals surface area (Å²) in [5.74, 6) is -0.177. The molecule has 1 aromatic heterocycles. The van der Waals surface area contributed by atoms with Crippen LogP contribution in [0.3, 0.4) is 0 Å². The zero-order valence-corrected chi connectivity index (χ0v) is 12.7. The van der Waals surface area contributed by atoms with Crippen LogP contribution in [0, 0.1) is 5.92 Å². The Morgan fingerprint density at radius 2 is 2.19 bits per heavy atom. The number of rotatable bonds is 4. The number of carboxylic acids is 1. The molecule has 1 amide bonds. The average molecular weight is 294 g/mol. The van der Waals surface area contributed by atoms with E-state index in [1.54, 1.807) is 0 Å². The van der Waals surface area contributed by atoms with Gasteiger partial charge in [0.25, 0.3) is 5.91 Å². The maximum atomic E-state index is 12.5. The molecule has 1 saturated heterocycles. The third-order valence-corrected chi connectivity index (χ3v) is 4.08. The van der Waals surface area contributed by atoms with Crippen molar-refractivity contribution in [3.8, 4) is 0 Å². The smallest absolute Gasteiger partial charge is 0.326 e. The van der Waals surface area contributed by atoms with E-state index in [1.807, 2.05) is 20.8 Å². The molecule has 1 aliphatic heterocycles. The number of hydrogen-bond acceptors (Lipinski definition) is 4. The number of aromatic nitrogens is 3. The van der Waals surface area contributed by atoms with E-state index in [2.05, 4.69) is 15.2 Å². The first-order valence-corrected chi connectivity index (χ1v) is 7.40. The first-order valence-electron chi connectivity index (χ1n) is 7.40. The van der Waals surface area contributed by atoms with Crippen LogP contribution in [0.25, 0.3) is 0 Å². The molecule has 7 heteroatoms. The highest BCUT2D eigenvalue weighted by Gasteiger charge is 2.37. The van der Waals surface area contributed by atoms with Crippen LogP contribution in [-0.2, 0) is 4.79 Å². The van der Waals surface area contributed by atoms with E-state index in [0.717, 1.165) is 12.8 Å². The van der Waals surface area contributed by atoms with Gasteiger partial charge in [-0.25, -0.2) is 9.78 Å². The van der Waals surface area contributed by atoms with E-state index in [4.69, 9.17) is 0 Å². The number of nitrogens with zero attached hydrogens (tertiary/aromatic N) is 3. The van der Waals surface area contributed by atoms with Crippen LogP contribution in [0.15, 0.2) is 0 Å². The molecular weight excluding hydrogens is 272 g/mol. The summed E-state index contributed by atoms with van der Waals surface area (Å²) in [6.45, 7) is 6.38. The number of hydrogen-bond donors (Lipinski definition) is 2. The zero-order chi connectivity index (χ0) is 15.6. The third-order valence-electron chi connectivity index (χ3n) is 4.08. The summed E-state index contributed by atoms with van der Waals surface area (Å²) < 4.78 is 0. The monoisotopic (exact) mass is 294 g/mol. The van der Waals surface area contributed by atoms with Crippen LogP contribution in [0.4, 0.5) is 0 Å². The van der Waals surface area contributed by atoms with E-state index >= 15 is 0 Å². The molecule has 21 heavy (non-hydrogen) atoms. The van der Waals surface area contributed by atoms with E-state index in [1.165, 1.54) is 4.90 Å². The van der Waals surface area contributed by atoms with Gasteiger partial charge in [-0.2, -0.15) is 0 Å². The predicted octanol–water partition coefficient (Wildman–Crippen LogP) is 1.64. The van der Waals surface area contributed by atoms with Crippen molar-refractivity contribution in [2.75, 3.05) is 6.54 Å². The molecule has 2 unspecified atom stereocenters. The van der Waals surface area contributed by atoms with Gasteiger partial charge in [0, 0.05) is 12.5 Å². The van der Waals surface area contributed by atoms with Crippen LogP contribution < -0.4 is 0 Å². The average Bonchev–Trinajstić information content (AvgIpc) is 2.95. The van der Waals surface area contributed by atoms with Crippen LogP contribution in [0.2, 0.25) is 0 Å². The van der Waals surface area contributed by atoms with Crippen LogP contribution >= 0.6 is 0 Å². The largest absolute Gasteiger partial charge is 0.480 e. The van der Waals surface area contributed by atoms with Crippen LogP contribution in [-0.4, -0.2) is 49.7 Å². The molecule has 2 N–H and O–H groups in total. The highest BCUT2D eigenvalue weighted by Crippen LogP contribution is 2.26. The predicted molar refractivity (Wildman–Crippen MR) is 75.9 cm³/mol. The van der Waals surface area contributed by atoms with Gasteiger partial charge in [-0.3, -0.25) is 9.89 Å². The molecule has 0 spiro atoms. The van der Waals surface area contributed by atoms with Gasteiger partial charge in [0.1, 0.15) is 11.9 Å². The number of carbonyl (C=O) groups is 2. The number of nitrogens with one attached hydrogen (secondary N) is 1. The fourth-order valence-electron chi connectivity index (χ4n) is 2.64. The summed E-state index contributed by atoms with van der Waals surface area (Å²) >= 11 is 0. The lowest BCUT2D eigenvalue weighted by Gasteiger charge is -2.36. The number of carboxylic acid groups (broad SMARTS) is 1. The number of H-pyrrole nitrogens is 1. The number of piperidine rings is 1. The molecule has 1 fully saturated rings. The minimum atomic E-state index is -0.957. The molecule has 116 valence electrons. The topological polar surface area (TPSA) is 99.2 Å². The highest BCUT2D eigenvalue weighted by molar-refractivity contribution is 5.93. The van der Waals surface area contributed by atoms with Gasteiger partial charge in [-0.1, -0.05) is 27.2 Å². The standard InChI is InChI=1S/C14H22N4O3/c1-4-9-5-6-18(10(7-9)14(20)21)13(19)12-15-11(8(2)3)16-17-12/h8-10H,4-7H2,1-3H3,(H,20,21)(H,15,16,17). The van der Waals surface area contributed by atoms with Gasteiger partial charge in [0.15, 0.2) is 0 Å². The van der Waals surface area contributed by atoms with Gasteiger partial charge < -0.3 is 10.0 Å². The number of aromatic amines is 1. The fourth-order valence-corrected chi connectivity index (χ4v) is 2.64. The Morgan fingerprint density at radius 1 is 1.48 bits per heavy atom. The van der Waals surface area contributed by atoms with Gasteiger partial charge in [-0.05, 0) is 18.8 Å². The Kier molecular flexibility index (Phi) is 4.59. The molecule has 1 aliphatic rings. The SMILES string of the molecule is CCC1CCN(C(=O)c2n[nH]c(C(C)C)n2)C(C(=O)O)C1. The van der Waals surface area contributed by atoms with Crippen molar-refractivity contribution >= 4 is 11.9 Å². The number of carbonyl (C=O) groups excluding carboxylic acids is 1. The summed E-state index contributed by atoms with van der Waals surface area (Å²) in [4.78, 5) is 29.5. The number of likely N-dealkylation sites (tertiary alicyclic amines) is 1. The fraction of sp³-hybridized carbons (Fsp3) is 0.714. The van der Waals surface area contributed by atoms with Gasteiger partial charge in [0.2, 0.25) is 5.82 Å². The molecule has 0 radical (unpaired) electrons. The molecular formula is C14H22N4O3. The van der Waals surface area contributed by atoms with Crippen molar-refractivity contribution in [3.63, 3.8) is 0 Å². The Bertz CT molecular complexity index is 526. The lowest BCUT2D eigenvalue weighted by atomic mass is 9.89. The third kappa shape index (κ3) is 3.22. The molecule has 0 saturated carbocycles. The molecule has 2 rings (SSSR count). The van der Waals surface area contributed by atoms with E-state index in [9.17, 15) is 14.7 Å². The molecule has 2 atom stereocenters. The van der Waals surface area contributed by atoms with Crippen molar-refractivity contribution in [3.05, 3.63) is 11.6 Å². The second kappa shape index (κ2) is 6.24. The maximum Gasteiger partial charge on any atom is 0.326 e. The maximum absolute atomic E-state index is 12.5. The number of aliphatic carboxylic acids is 1. The van der Waals surface area contributed by atoms with Crippen molar-refractivity contribution in [1.82, 2.24) is 20.1 Å². The molecule has 7 nitrogen and oxygen atoms in total. The lowest BCUT2D eigenvalue weighted by molar-refractivity contribution is -0.144. The first-order chi connectivity index (χ1) is 9.93. The second-order valence-electron chi connectivity index (χ2n) is 5.85. The second-order valence-corrected chi connectivity index (χ2v) is 5.85. The van der Waals surface area contributed by atoms with Crippen molar-refractivity contribution in [1.29, 1.82) is 0 Å². The van der Waals surface area contributed by atoms with Crippen LogP contribution in [0.1, 0.15) is 62.4 Å². The van der Waals surface area contributed by atoms with Gasteiger partial charge in [0.05, 0.1) is 0 Å². The molecule has 0 aliphatic carbocycles. The Labute approximate surface area is 123 Å². The Hall–Kier alpha value is -1.92. The van der Waals surface area contributed by atoms with Gasteiger partial charge in [-0.15, -0.1) is 5.10 Å². The Morgan fingerprint density at radius 3 is 2.71 bits per heavy atom. The van der Waals surface area contributed by atoms with Gasteiger partial charge >= 0.3 is 5.97 Å². The lowest BCUT2D eigenvalue weighted by Crippen LogP contribution is -2.50.